The number of rotatable bonds is 6. The molecule has 0 aliphatic carbocycles. The van der Waals surface area contributed by atoms with Gasteiger partial charge < -0.3 is 8.83 Å². The number of aromatic nitrogens is 3. The van der Waals surface area contributed by atoms with Crippen LogP contribution in [0, 0.1) is 0 Å². The summed E-state index contributed by atoms with van der Waals surface area (Å²) in [5.74, 6) is 1.80. The lowest BCUT2D eigenvalue weighted by atomic mass is 9.96. The summed E-state index contributed by atoms with van der Waals surface area (Å²) in [6, 6.07) is 64.5. The number of para-hydroxylation sites is 3. The van der Waals surface area contributed by atoms with Crippen molar-refractivity contribution in [1.29, 1.82) is 0 Å². The van der Waals surface area contributed by atoms with Gasteiger partial charge in [0.05, 0.1) is 0 Å². The summed E-state index contributed by atoms with van der Waals surface area (Å²) < 4.78 is 13.2. The molecule has 3 heterocycles. The van der Waals surface area contributed by atoms with Crippen molar-refractivity contribution in [3.63, 3.8) is 0 Å². The van der Waals surface area contributed by atoms with Gasteiger partial charge in [0.15, 0.2) is 17.5 Å². The second-order valence-corrected chi connectivity index (χ2v) is 14.0. The van der Waals surface area contributed by atoms with E-state index < -0.39 is 0 Å². The Morgan fingerprint density at radius 3 is 1.39 bits per heavy atom. The van der Waals surface area contributed by atoms with E-state index in [2.05, 4.69) is 133 Å². The van der Waals surface area contributed by atoms with Crippen LogP contribution in [0.2, 0.25) is 0 Å². The summed E-state index contributed by atoms with van der Waals surface area (Å²) in [5, 5.41) is 4.31. The standard InChI is InChI=1S/C51H31N3O2/c1-3-13-32(14-4-1)34-17-9-20-37(29-34)50-52-49(33-15-5-2-6-16-33)53-51(54-50)38-27-28-42-44-25-12-23-40(48(44)56-46(42)31-38)36-19-10-18-35(30-36)39-22-11-24-43-41-21-7-8-26-45(41)55-47(39)43/h1-31H. The van der Waals surface area contributed by atoms with Crippen LogP contribution in [-0.4, -0.2) is 15.0 Å². The van der Waals surface area contributed by atoms with Crippen LogP contribution >= 0.6 is 0 Å². The molecule has 0 unspecified atom stereocenters. The van der Waals surface area contributed by atoms with Gasteiger partial charge in [0.1, 0.15) is 22.3 Å². The zero-order chi connectivity index (χ0) is 37.0. The van der Waals surface area contributed by atoms with Crippen LogP contribution in [-0.2, 0) is 0 Å². The lowest BCUT2D eigenvalue weighted by molar-refractivity contribution is 0.670. The highest BCUT2D eigenvalue weighted by Gasteiger charge is 2.18. The maximum atomic E-state index is 6.76. The quantitative estimate of drug-likeness (QED) is 0.171. The summed E-state index contributed by atoms with van der Waals surface area (Å²) >= 11 is 0. The third kappa shape index (κ3) is 5.45. The van der Waals surface area contributed by atoms with Gasteiger partial charge in [-0.05, 0) is 52.6 Å². The van der Waals surface area contributed by atoms with Crippen LogP contribution in [0.5, 0.6) is 0 Å². The Balaban J connectivity index is 1.02. The van der Waals surface area contributed by atoms with Crippen LogP contribution in [0.25, 0.3) is 111 Å². The van der Waals surface area contributed by atoms with Gasteiger partial charge in [-0.25, -0.2) is 15.0 Å². The molecule has 0 saturated carbocycles. The lowest BCUT2D eigenvalue weighted by Gasteiger charge is -2.09. The fraction of sp³-hybridized carbons (Fsp3) is 0. The summed E-state index contributed by atoms with van der Waals surface area (Å²) in [5.41, 5.74) is 12.5. The molecule has 0 N–H and O–H groups in total. The number of nitrogens with zero attached hydrogens (tertiary/aromatic N) is 3. The first kappa shape index (κ1) is 31.9. The summed E-state index contributed by atoms with van der Waals surface area (Å²) in [4.78, 5) is 15.1. The van der Waals surface area contributed by atoms with E-state index in [1.54, 1.807) is 0 Å². The molecule has 0 spiro atoms. The van der Waals surface area contributed by atoms with Crippen molar-refractivity contribution in [2.45, 2.75) is 0 Å². The minimum atomic E-state index is 0.578. The Labute approximate surface area is 322 Å². The zero-order valence-electron chi connectivity index (χ0n) is 30.1. The first-order valence-electron chi connectivity index (χ1n) is 18.7. The van der Waals surface area contributed by atoms with Crippen molar-refractivity contribution in [3.8, 4) is 67.5 Å². The largest absolute Gasteiger partial charge is 0.455 e. The molecule has 0 saturated heterocycles. The van der Waals surface area contributed by atoms with Crippen LogP contribution < -0.4 is 0 Å². The number of furan rings is 2. The van der Waals surface area contributed by atoms with Crippen molar-refractivity contribution in [2.24, 2.45) is 0 Å². The van der Waals surface area contributed by atoms with Gasteiger partial charge in [0.2, 0.25) is 0 Å². The van der Waals surface area contributed by atoms with E-state index in [1.807, 2.05) is 54.6 Å². The second kappa shape index (κ2) is 13.0. The molecule has 3 aromatic heterocycles. The smallest absolute Gasteiger partial charge is 0.164 e. The Morgan fingerprint density at radius 1 is 0.268 bits per heavy atom. The molecular weight excluding hydrogens is 687 g/mol. The van der Waals surface area contributed by atoms with Gasteiger partial charge in [0, 0.05) is 49.4 Å². The molecule has 0 fully saturated rings. The molecule has 8 aromatic carbocycles. The fourth-order valence-corrected chi connectivity index (χ4v) is 7.81. The maximum absolute atomic E-state index is 6.76. The molecule has 11 aromatic rings. The number of fused-ring (bicyclic) bond motifs is 6. The fourth-order valence-electron chi connectivity index (χ4n) is 7.81. The van der Waals surface area contributed by atoms with Crippen LogP contribution in [0.1, 0.15) is 0 Å². The molecular formula is C51H31N3O2. The Hall–Kier alpha value is -7.63. The topological polar surface area (TPSA) is 65.0 Å². The van der Waals surface area contributed by atoms with Crippen molar-refractivity contribution >= 4 is 43.9 Å². The van der Waals surface area contributed by atoms with Crippen LogP contribution in [0.3, 0.4) is 0 Å². The molecule has 56 heavy (non-hydrogen) atoms. The van der Waals surface area contributed by atoms with Gasteiger partial charge in [-0.1, -0.05) is 158 Å². The summed E-state index contributed by atoms with van der Waals surface area (Å²) in [6.07, 6.45) is 0. The van der Waals surface area contributed by atoms with E-state index in [4.69, 9.17) is 23.8 Å². The molecule has 11 rings (SSSR count). The number of benzene rings is 8. The molecule has 0 atom stereocenters. The van der Waals surface area contributed by atoms with Crippen LogP contribution in [0.15, 0.2) is 197 Å². The van der Waals surface area contributed by atoms with E-state index in [0.29, 0.717) is 17.5 Å². The van der Waals surface area contributed by atoms with E-state index in [0.717, 1.165) is 93.9 Å². The van der Waals surface area contributed by atoms with E-state index in [9.17, 15) is 0 Å². The third-order valence-corrected chi connectivity index (χ3v) is 10.5. The number of hydrogen-bond acceptors (Lipinski definition) is 5. The van der Waals surface area contributed by atoms with E-state index in [1.165, 1.54) is 0 Å². The molecule has 5 nitrogen and oxygen atoms in total. The van der Waals surface area contributed by atoms with E-state index >= 15 is 0 Å². The second-order valence-electron chi connectivity index (χ2n) is 14.0. The highest BCUT2D eigenvalue weighted by Crippen LogP contribution is 2.40. The van der Waals surface area contributed by atoms with Crippen molar-refractivity contribution < 1.29 is 8.83 Å². The Kier molecular flexibility index (Phi) is 7.42. The first-order valence-corrected chi connectivity index (χ1v) is 18.7. The average molecular weight is 718 g/mol. The third-order valence-electron chi connectivity index (χ3n) is 10.5. The highest BCUT2D eigenvalue weighted by atomic mass is 16.3. The minimum Gasteiger partial charge on any atom is -0.455 e. The van der Waals surface area contributed by atoms with Gasteiger partial charge in [-0.3, -0.25) is 0 Å². The van der Waals surface area contributed by atoms with Gasteiger partial charge >= 0.3 is 0 Å². The molecule has 262 valence electrons. The monoisotopic (exact) mass is 717 g/mol. The highest BCUT2D eigenvalue weighted by molar-refractivity contribution is 6.11. The zero-order valence-corrected chi connectivity index (χ0v) is 30.1. The molecule has 0 amide bonds. The Bertz CT molecular complexity index is 3250. The SMILES string of the molecule is c1ccc(-c2cccc(-c3nc(-c4ccccc4)nc(-c4ccc5c(c4)oc4c(-c6cccc(-c7cccc8c7oc7ccccc78)c6)cccc45)n3)c2)cc1. The van der Waals surface area contributed by atoms with Gasteiger partial charge in [-0.2, -0.15) is 0 Å². The molecule has 0 aliphatic heterocycles. The average Bonchev–Trinajstić information content (AvgIpc) is 3.85. The van der Waals surface area contributed by atoms with Crippen molar-refractivity contribution in [1.82, 2.24) is 15.0 Å². The molecule has 0 radical (unpaired) electrons. The summed E-state index contributed by atoms with van der Waals surface area (Å²) in [7, 11) is 0. The van der Waals surface area contributed by atoms with E-state index in [-0.39, 0.29) is 0 Å². The number of hydrogen-bond donors (Lipinski definition) is 0. The van der Waals surface area contributed by atoms with Crippen molar-refractivity contribution in [3.05, 3.63) is 188 Å². The van der Waals surface area contributed by atoms with Gasteiger partial charge in [0.25, 0.3) is 0 Å². The minimum absolute atomic E-state index is 0.578. The summed E-state index contributed by atoms with van der Waals surface area (Å²) in [6.45, 7) is 0. The Morgan fingerprint density at radius 2 is 0.714 bits per heavy atom. The van der Waals surface area contributed by atoms with Gasteiger partial charge in [-0.15, -0.1) is 0 Å². The normalized spacial score (nSPS) is 11.6. The van der Waals surface area contributed by atoms with Crippen LogP contribution in [0.4, 0.5) is 0 Å². The first-order chi connectivity index (χ1) is 27.7. The molecule has 5 heteroatoms. The molecule has 0 aliphatic rings. The maximum Gasteiger partial charge on any atom is 0.164 e. The molecule has 0 bridgehead atoms. The predicted molar refractivity (Wildman–Crippen MR) is 227 cm³/mol. The predicted octanol–water partition coefficient (Wildman–Crippen LogP) is 13.7. The lowest BCUT2D eigenvalue weighted by Crippen LogP contribution is -2.00. The van der Waals surface area contributed by atoms with Crippen molar-refractivity contribution in [2.75, 3.05) is 0 Å².